The number of hydrogen-bond donors (Lipinski definition) is 1. The maximum Gasteiger partial charge on any atom is 0.217 e. The van der Waals surface area contributed by atoms with Crippen molar-refractivity contribution in [3.05, 3.63) is 75.9 Å². The first-order valence-electron chi connectivity index (χ1n) is 8.45. The zero-order valence-corrected chi connectivity index (χ0v) is 15.3. The minimum Gasteiger partial charge on any atom is -0.352 e. The van der Waals surface area contributed by atoms with Gasteiger partial charge in [0.05, 0.1) is 0 Å². The van der Waals surface area contributed by atoms with Gasteiger partial charge in [-0.3, -0.25) is 4.79 Å². The lowest BCUT2D eigenvalue weighted by Gasteiger charge is -2.10. The predicted octanol–water partition coefficient (Wildman–Crippen LogP) is 5.06. The van der Waals surface area contributed by atoms with Gasteiger partial charge in [0.2, 0.25) is 5.91 Å². The summed E-state index contributed by atoms with van der Waals surface area (Å²) in [6.45, 7) is 10.7. The van der Waals surface area contributed by atoms with Crippen LogP contribution in [0.4, 0.5) is 0 Å². The second kappa shape index (κ2) is 7.96. The molecule has 2 aromatic rings. The molecule has 0 aliphatic heterocycles. The number of nitrogens with one attached hydrogen (secondary N) is 1. The number of allylic oxidation sites excluding steroid dienone is 1. The third-order valence-electron chi connectivity index (χ3n) is 4.24. The molecule has 0 aromatic heterocycles. The molecule has 0 aliphatic rings. The highest BCUT2D eigenvalue weighted by atomic mass is 16.1. The molecule has 0 radical (unpaired) electrons. The molecule has 1 amide bonds. The molecule has 0 saturated heterocycles. The van der Waals surface area contributed by atoms with Crippen molar-refractivity contribution >= 4 is 12.0 Å². The van der Waals surface area contributed by atoms with E-state index in [9.17, 15) is 4.79 Å². The lowest BCUT2D eigenvalue weighted by Crippen LogP contribution is -2.19. The van der Waals surface area contributed by atoms with Gasteiger partial charge in [0.25, 0.3) is 0 Å². The molecule has 2 nitrogen and oxygen atoms in total. The SMILES string of the molecule is CC(=O)NCc1ccc(/C=C/C(C)c2cc(C)cc(C)c2)cc1C. The summed E-state index contributed by atoms with van der Waals surface area (Å²) in [7, 11) is 0. The van der Waals surface area contributed by atoms with E-state index in [1.165, 1.54) is 27.8 Å². The zero-order chi connectivity index (χ0) is 17.7. The van der Waals surface area contributed by atoms with Crippen LogP contribution in [0.15, 0.2) is 42.5 Å². The van der Waals surface area contributed by atoms with Crippen molar-refractivity contribution < 1.29 is 4.79 Å². The Morgan fingerprint density at radius 3 is 2.33 bits per heavy atom. The number of aryl methyl sites for hydroxylation is 3. The Labute approximate surface area is 145 Å². The number of amides is 1. The molecule has 0 heterocycles. The van der Waals surface area contributed by atoms with Crippen LogP contribution in [-0.4, -0.2) is 5.91 Å². The maximum atomic E-state index is 11.0. The fourth-order valence-electron chi connectivity index (χ4n) is 2.88. The number of hydrogen-bond acceptors (Lipinski definition) is 1. The molecular weight excluding hydrogens is 294 g/mol. The average molecular weight is 321 g/mol. The Balaban J connectivity index is 2.10. The number of carbonyl (C=O) groups excluding carboxylic acids is 1. The molecule has 2 heteroatoms. The average Bonchev–Trinajstić information content (AvgIpc) is 2.50. The largest absolute Gasteiger partial charge is 0.352 e. The van der Waals surface area contributed by atoms with Crippen LogP contribution in [0.2, 0.25) is 0 Å². The lowest BCUT2D eigenvalue weighted by molar-refractivity contribution is -0.119. The van der Waals surface area contributed by atoms with E-state index in [-0.39, 0.29) is 5.91 Å². The highest BCUT2D eigenvalue weighted by Crippen LogP contribution is 2.21. The van der Waals surface area contributed by atoms with E-state index in [0.717, 1.165) is 5.56 Å². The van der Waals surface area contributed by atoms with E-state index in [0.29, 0.717) is 12.5 Å². The van der Waals surface area contributed by atoms with Gasteiger partial charge in [0, 0.05) is 13.5 Å². The van der Waals surface area contributed by atoms with Crippen molar-refractivity contribution in [2.24, 2.45) is 0 Å². The third kappa shape index (κ3) is 5.09. The molecule has 0 saturated carbocycles. The highest BCUT2D eigenvalue weighted by molar-refractivity contribution is 5.72. The lowest BCUT2D eigenvalue weighted by atomic mass is 9.96. The molecule has 0 bridgehead atoms. The van der Waals surface area contributed by atoms with E-state index >= 15 is 0 Å². The summed E-state index contributed by atoms with van der Waals surface area (Å²) in [6.07, 6.45) is 4.42. The molecule has 1 atom stereocenters. The Morgan fingerprint density at radius 2 is 1.75 bits per heavy atom. The van der Waals surface area contributed by atoms with Crippen molar-refractivity contribution in [1.29, 1.82) is 0 Å². The summed E-state index contributed by atoms with van der Waals surface area (Å²) in [5.74, 6) is 0.378. The molecule has 2 rings (SSSR count). The standard InChI is InChI=1S/C22H27NO/c1-15-10-16(2)12-22(11-15)17(3)6-7-20-8-9-21(18(4)13-20)14-23-19(5)24/h6-13,17H,14H2,1-5H3,(H,23,24)/b7-6+. The molecule has 1 N–H and O–H groups in total. The van der Waals surface area contributed by atoms with Crippen LogP contribution >= 0.6 is 0 Å². The third-order valence-corrected chi connectivity index (χ3v) is 4.24. The summed E-state index contributed by atoms with van der Waals surface area (Å²) in [5, 5.41) is 2.85. The Morgan fingerprint density at radius 1 is 1.08 bits per heavy atom. The fraction of sp³-hybridized carbons (Fsp3) is 0.318. The first kappa shape index (κ1) is 18.0. The van der Waals surface area contributed by atoms with Gasteiger partial charge in [-0.2, -0.15) is 0 Å². The van der Waals surface area contributed by atoms with Crippen LogP contribution in [0, 0.1) is 20.8 Å². The summed E-state index contributed by atoms with van der Waals surface area (Å²) in [4.78, 5) is 11.0. The highest BCUT2D eigenvalue weighted by Gasteiger charge is 2.04. The van der Waals surface area contributed by atoms with Gasteiger partial charge in [-0.25, -0.2) is 0 Å². The number of benzene rings is 2. The number of carbonyl (C=O) groups is 1. The molecule has 0 spiro atoms. The number of rotatable bonds is 5. The normalized spacial score (nSPS) is 12.4. The van der Waals surface area contributed by atoms with E-state index in [1.54, 1.807) is 6.92 Å². The summed E-state index contributed by atoms with van der Waals surface area (Å²) in [5.41, 5.74) is 7.51. The summed E-state index contributed by atoms with van der Waals surface area (Å²) < 4.78 is 0. The summed E-state index contributed by atoms with van der Waals surface area (Å²) >= 11 is 0. The van der Waals surface area contributed by atoms with Gasteiger partial charge in [-0.1, -0.05) is 66.6 Å². The smallest absolute Gasteiger partial charge is 0.217 e. The topological polar surface area (TPSA) is 29.1 Å². The monoisotopic (exact) mass is 321 g/mol. The quantitative estimate of drug-likeness (QED) is 0.819. The Bertz CT molecular complexity index is 738. The fourth-order valence-corrected chi connectivity index (χ4v) is 2.88. The van der Waals surface area contributed by atoms with E-state index in [1.807, 2.05) is 0 Å². The van der Waals surface area contributed by atoms with E-state index < -0.39 is 0 Å². The summed E-state index contributed by atoms with van der Waals surface area (Å²) in [6, 6.07) is 13.1. The van der Waals surface area contributed by atoms with Crippen molar-refractivity contribution in [2.45, 2.75) is 47.1 Å². The van der Waals surface area contributed by atoms with Crippen LogP contribution < -0.4 is 5.32 Å². The minimum absolute atomic E-state index is 0.000597. The first-order valence-corrected chi connectivity index (χ1v) is 8.45. The molecule has 126 valence electrons. The molecule has 0 fully saturated rings. The second-order valence-electron chi connectivity index (χ2n) is 6.66. The van der Waals surface area contributed by atoms with Crippen LogP contribution in [0.1, 0.15) is 53.1 Å². The van der Waals surface area contributed by atoms with Crippen molar-refractivity contribution in [2.75, 3.05) is 0 Å². The van der Waals surface area contributed by atoms with Gasteiger partial charge in [-0.15, -0.1) is 0 Å². The zero-order valence-electron chi connectivity index (χ0n) is 15.3. The molecular formula is C22H27NO. The van der Waals surface area contributed by atoms with Crippen molar-refractivity contribution in [3.8, 4) is 0 Å². The van der Waals surface area contributed by atoms with Crippen LogP contribution in [-0.2, 0) is 11.3 Å². The molecule has 0 aliphatic carbocycles. The Kier molecular flexibility index (Phi) is 5.97. The second-order valence-corrected chi connectivity index (χ2v) is 6.66. The first-order chi connectivity index (χ1) is 11.3. The van der Waals surface area contributed by atoms with Gasteiger partial charge in [-0.05, 0) is 48.9 Å². The van der Waals surface area contributed by atoms with Crippen molar-refractivity contribution in [3.63, 3.8) is 0 Å². The Hall–Kier alpha value is -2.35. The minimum atomic E-state index is 0.000597. The molecule has 24 heavy (non-hydrogen) atoms. The molecule has 1 unspecified atom stereocenters. The molecule has 2 aromatic carbocycles. The van der Waals surface area contributed by atoms with Gasteiger partial charge >= 0.3 is 0 Å². The van der Waals surface area contributed by atoms with Crippen LogP contribution in [0.5, 0.6) is 0 Å². The van der Waals surface area contributed by atoms with Gasteiger partial charge in [0.15, 0.2) is 0 Å². The van der Waals surface area contributed by atoms with Gasteiger partial charge < -0.3 is 5.32 Å². The van der Waals surface area contributed by atoms with Crippen molar-refractivity contribution in [1.82, 2.24) is 5.32 Å². The van der Waals surface area contributed by atoms with Gasteiger partial charge in [0.1, 0.15) is 0 Å². The predicted molar refractivity (Wildman–Crippen MR) is 102 cm³/mol. The van der Waals surface area contributed by atoms with E-state index in [2.05, 4.69) is 81.6 Å². The maximum absolute atomic E-state index is 11.0. The van der Waals surface area contributed by atoms with E-state index in [4.69, 9.17) is 0 Å². The van der Waals surface area contributed by atoms with Crippen LogP contribution in [0.3, 0.4) is 0 Å². The van der Waals surface area contributed by atoms with Crippen LogP contribution in [0.25, 0.3) is 6.08 Å².